The average Bonchev–Trinajstić information content (AvgIpc) is 2.76. The summed E-state index contributed by atoms with van der Waals surface area (Å²) in [4.78, 5) is 16.9. The number of likely N-dealkylation sites (tertiary alicyclic amines) is 1. The minimum atomic E-state index is 0.915. The minimum absolute atomic E-state index is 0.915. The second-order valence-electron chi connectivity index (χ2n) is 7.59. The van der Waals surface area contributed by atoms with Gasteiger partial charge in [-0.15, -0.1) is 0 Å². The number of fused-ring (bicyclic) bond motifs is 4. The molecule has 3 heterocycles. The predicted molar refractivity (Wildman–Crippen MR) is 116 cm³/mol. The maximum atomic E-state index is 4.87. The number of nitrogens with zero attached hydrogens (tertiary/aromatic N) is 4. The van der Waals surface area contributed by atoms with Gasteiger partial charge in [-0.2, -0.15) is 0 Å². The fourth-order valence-corrected chi connectivity index (χ4v) is 4.17. The molecule has 0 aliphatic carbocycles. The quantitative estimate of drug-likeness (QED) is 0.315. The van der Waals surface area contributed by atoms with E-state index in [0.717, 1.165) is 58.2 Å². The van der Waals surface area contributed by atoms with E-state index in [0.29, 0.717) is 0 Å². The van der Waals surface area contributed by atoms with Gasteiger partial charge in [-0.05, 0) is 69.2 Å². The Morgan fingerprint density at radius 3 is 2.54 bits per heavy atom. The summed E-state index contributed by atoms with van der Waals surface area (Å²) >= 11 is 0. The number of hydrogen-bond acceptors (Lipinski definition) is 5. The standard InChI is InChI=1S/C23H25N5/c1-4-13-28(14-5-1)15-7-12-24-20-16-21-23(17-8-6-11-25-22(17)20)27-19-10-3-2-9-18(19)26-21/h2-3,6,8-11,16,24H,1,4-5,7,12-15H2. The lowest BCUT2D eigenvalue weighted by molar-refractivity contribution is 0.228. The molecule has 1 aliphatic heterocycles. The fourth-order valence-electron chi connectivity index (χ4n) is 4.17. The summed E-state index contributed by atoms with van der Waals surface area (Å²) in [5.41, 5.74) is 5.69. The Kier molecular flexibility index (Phi) is 4.75. The second-order valence-corrected chi connectivity index (χ2v) is 7.59. The van der Waals surface area contributed by atoms with Gasteiger partial charge in [0, 0.05) is 18.1 Å². The molecule has 1 aliphatic rings. The predicted octanol–water partition coefficient (Wildman–Crippen LogP) is 4.62. The first-order valence-electron chi connectivity index (χ1n) is 10.3. The van der Waals surface area contributed by atoms with Crippen LogP contribution >= 0.6 is 0 Å². The zero-order valence-electron chi connectivity index (χ0n) is 16.1. The molecule has 5 heteroatoms. The van der Waals surface area contributed by atoms with Crippen LogP contribution < -0.4 is 5.32 Å². The molecule has 1 fully saturated rings. The number of hydrogen-bond donors (Lipinski definition) is 1. The third kappa shape index (κ3) is 3.38. The minimum Gasteiger partial charge on any atom is -0.383 e. The molecule has 0 amide bonds. The van der Waals surface area contributed by atoms with E-state index < -0.39 is 0 Å². The Labute approximate surface area is 164 Å². The maximum Gasteiger partial charge on any atom is 0.0990 e. The molecule has 0 spiro atoms. The number of rotatable bonds is 5. The van der Waals surface area contributed by atoms with Crippen molar-refractivity contribution in [2.45, 2.75) is 25.7 Å². The summed E-state index contributed by atoms with van der Waals surface area (Å²) in [7, 11) is 0. The van der Waals surface area contributed by atoms with Crippen molar-refractivity contribution in [1.29, 1.82) is 0 Å². The molecule has 142 valence electrons. The Balaban J connectivity index is 1.44. The number of para-hydroxylation sites is 2. The first-order chi connectivity index (χ1) is 13.9. The number of nitrogens with one attached hydrogen (secondary N) is 1. The molecule has 0 radical (unpaired) electrons. The van der Waals surface area contributed by atoms with E-state index in [4.69, 9.17) is 9.97 Å². The second kappa shape index (κ2) is 7.68. The number of aromatic nitrogens is 3. The topological polar surface area (TPSA) is 53.9 Å². The van der Waals surface area contributed by atoms with Gasteiger partial charge in [-0.1, -0.05) is 18.6 Å². The molecule has 5 rings (SSSR count). The molecule has 2 aromatic heterocycles. The van der Waals surface area contributed by atoms with Crippen molar-refractivity contribution < 1.29 is 0 Å². The zero-order chi connectivity index (χ0) is 18.8. The highest BCUT2D eigenvalue weighted by Gasteiger charge is 2.12. The van der Waals surface area contributed by atoms with Gasteiger partial charge in [0.2, 0.25) is 0 Å². The average molecular weight is 371 g/mol. The Morgan fingerprint density at radius 1 is 0.857 bits per heavy atom. The molecular weight excluding hydrogens is 346 g/mol. The smallest absolute Gasteiger partial charge is 0.0990 e. The number of piperidine rings is 1. The molecular formula is C23H25N5. The van der Waals surface area contributed by atoms with Crippen LogP contribution in [0.1, 0.15) is 25.7 Å². The molecule has 2 aromatic carbocycles. The van der Waals surface area contributed by atoms with E-state index in [9.17, 15) is 0 Å². The monoisotopic (exact) mass is 371 g/mol. The maximum absolute atomic E-state index is 4.87. The molecule has 0 atom stereocenters. The number of anilines is 1. The van der Waals surface area contributed by atoms with Crippen LogP contribution in [0, 0.1) is 0 Å². The van der Waals surface area contributed by atoms with Gasteiger partial charge in [-0.3, -0.25) is 4.98 Å². The van der Waals surface area contributed by atoms with Crippen molar-refractivity contribution in [3.05, 3.63) is 48.7 Å². The van der Waals surface area contributed by atoms with Crippen LogP contribution in [-0.2, 0) is 0 Å². The Hall–Kier alpha value is -2.79. The SMILES string of the molecule is c1ccc2nc3c(cc(NCCCN4CCCCC4)c4ncccc43)nc2c1. The van der Waals surface area contributed by atoms with Crippen molar-refractivity contribution in [1.82, 2.24) is 19.9 Å². The molecule has 0 saturated carbocycles. The normalized spacial score (nSPS) is 15.4. The summed E-state index contributed by atoms with van der Waals surface area (Å²) in [6.07, 6.45) is 7.06. The molecule has 1 saturated heterocycles. The summed E-state index contributed by atoms with van der Waals surface area (Å²) in [6, 6.07) is 14.2. The van der Waals surface area contributed by atoms with Crippen LogP contribution in [-0.4, -0.2) is 46.0 Å². The fraction of sp³-hybridized carbons (Fsp3) is 0.348. The van der Waals surface area contributed by atoms with Gasteiger partial charge in [0.15, 0.2) is 0 Å². The van der Waals surface area contributed by atoms with Gasteiger partial charge < -0.3 is 10.2 Å². The van der Waals surface area contributed by atoms with Crippen LogP contribution in [0.3, 0.4) is 0 Å². The lowest BCUT2D eigenvalue weighted by Gasteiger charge is -2.26. The lowest BCUT2D eigenvalue weighted by Crippen LogP contribution is -2.31. The van der Waals surface area contributed by atoms with Gasteiger partial charge in [0.05, 0.1) is 33.3 Å². The first kappa shape index (κ1) is 17.3. The Morgan fingerprint density at radius 2 is 1.68 bits per heavy atom. The van der Waals surface area contributed by atoms with E-state index in [-0.39, 0.29) is 0 Å². The van der Waals surface area contributed by atoms with Gasteiger partial charge in [-0.25, -0.2) is 9.97 Å². The Bertz CT molecular complexity index is 1120. The highest BCUT2D eigenvalue weighted by Crippen LogP contribution is 2.29. The molecule has 1 N–H and O–H groups in total. The first-order valence-corrected chi connectivity index (χ1v) is 10.3. The van der Waals surface area contributed by atoms with Crippen molar-refractivity contribution in [2.24, 2.45) is 0 Å². The van der Waals surface area contributed by atoms with E-state index in [1.165, 1.54) is 32.4 Å². The van der Waals surface area contributed by atoms with Crippen molar-refractivity contribution in [2.75, 3.05) is 31.5 Å². The van der Waals surface area contributed by atoms with Crippen LogP contribution in [0.2, 0.25) is 0 Å². The number of pyridine rings is 1. The van der Waals surface area contributed by atoms with Crippen LogP contribution in [0.5, 0.6) is 0 Å². The summed E-state index contributed by atoms with van der Waals surface area (Å²) in [5, 5.41) is 4.66. The molecule has 0 bridgehead atoms. The van der Waals surface area contributed by atoms with E-state index in [1.54, 1.807) is 0 Å². The van der Waals surface area contributed by atoms with Gasteiger partial charge in [0.25, 0.3) is 0 Å². The molecule has 0 unspecified atom stereocenters. The molecule has 4 aromatic rings. The van der Waals surface area contributed by atoms with Crippen molar-refractivity contribution >= 4 is 38.7 Å². The summed E-state index contributed by atoms with van der Waals surface area (Å²) < 4.78 is 0. The van der Waals surface area contributed by atoms with Crippen molar-refractivity contribution in [3.63, 3.8) is 0 Å². The van der Waals surface area contributed by atoms with Crippen LogP contribution in [0.25, 0.3) is 33.0 Å². The van der Waals surface area contributed by atoms with E-state index >= 15 is 0 Å². The highest BCUT2D eigenvalue weighted by atomic mass is 15.1. The zero-order valence-corrected chi connectivity index (χ0v) is 16.1. The van der Waals surface area contributed by atoms with Crippen LogP contribution in [0.15, 0.2) is 48.7 Å². The summed E-state index contributed by atoms with van der Waals surface area (Å²) in [6.45, 7) is 4.61. The summed E-state index contributed by atoms with van der Waals surface area (Å²) in [5.74, 6) is 0. The third-order valence-electron chi connectivity index (χ3n) is 5.61. The third-order valence-corrected chi connectivity index (χ3v) is 5.61. The van der Waals surface area contributed by atoms with Crippen molar-refractivity contribution in [3.8, 4) is 0 Å². The van der Waals surface area contributed by atoms with Gasteiger partial charge >= 0.3 is 0 Å². The lowest BCUT2D eigenvalue weighted by atomic mass is 10.1. The van der Waals surface area contributed by atoms with Crippen LogP contribution in [0.4, 0.5) is 5.69 Å². The number of benzene rings is 2. The van der Waals surface area contributed by atoms with Gasteiger partial charge in [0.1, 0.15) is 0 Å². The molecule has 5 nitrogen and oxygen atoms in total. The largest absolute Gasteiger partial charge is 0.383 e. The highest BCUT2D eigenvalue weighted by molar-refractivity contribution is 6.09. The van der Waals surface area contributed by atoms with E-state index in [1.807, 2.05) is 36.5 Å². The molecule has 28 heavy (non-hydrogen) atoms. The van der Waals surface area contributed by atoms with E-state index in [2.05, 4.69) is 27.3 Å².